The SMILES string of the molecule is C[n+]1ccccc1/C=[N+](\[O-])C(C)(C)C. The van der Waals surface area contributed by atoms with E-state index in [0.717, 1.165) is 10.4 Å². The van der Waals surface area contributed by atoms with Gasteiger partial charge < -0.3 is 5.21 Å². The first-order valence-electron chi connectivity index (χ1n) is 4.67. The molecular weight excluding hydrogens is 176 g/mol. The Bertz CT molecular complexity index is 351. The highest BCUT2D eigenvalue weighted by Crippen LogP contribution is 2.04. The summed E-state index contributed by atoms with van der Waals surface area (Å²) in [5.74, 6) is 0. The van der Waals surface area contributed by atoms with Gasteiger partial charge in [-0.15, -0.1) is 0 Å². The molecule has 0 spiro atoms. The van der Waals surface area contributed by atoms with Crippen molar-refractivity contribution in [2.75, 3.05) is 0 Å². The number of hydrogen-bond donors (Lipinski definition) is 0. The summed E-state index contributed by atoms with van der Waals surface area (Å²) in [5, 5.41) is 11.6. The van der Waals surface area contributed by atoms with Gasteiger partial charge in [0.15, 0.2) is 11.7 Å². The smallest absolute Gasteiger partial charge is 0.270 e. The maximum atomic E-state index is 11.6. The first-order valence-corrected chi connectivity index (χ1v) is 4.67. The monoisotopic (exact) mass is 193 g/mol. The van der Waals surface area contributed by atoms with Crippen LogP contribution in [0.25, 0.3) is 0 Å². The van der Waals surface area contributed by atoms with Crippen LogP contribution >= 0.6 is 0 Å². The Labute approximate surface area is 84.9 Å². The fourth-order valence-corrected chi connectivity index (χ4v) is 0.984. The number of hydroxylamine groups is 1. The van der Waals surface area contributed by atoms with E-state index in [1.165, 1.54) is 0 Å². The van der Waals surface area contributed by atoms with Crippen molar-refractivity contribution in [2.24, 2.45) is 7.05 Å². The van der Waals surface area contributed by atoms with Gasteiger partial charge in [-0.2, -0.15) is 4.57 Å². The number of aryl methyl sites for hydroxylation is 1. The molecule has 0 fully saturated rings. The van der Waals surface area contributed by atoms with Crippen LogP contribution in [0.15, 0.2) is 24.4 Å². The number of pyridine rings is 1. The first kappa shape index (κ1) is 10.7. The van der Waals surface area contributed by atoms with Crippen LogP contribution < -0.4 is 4.57 Å². The molecule has 0 amide bonds. The van der Waals surface area contributed by atoms with Crippen molar-refractivity contribution in [1.29, 1.82) is 0 Å². The molecule has 0 aliphatic carbocycles. The van der Waals surface area contributed by atoms with Gasteiger partial charge in [-0.25, -0.2) is 4.74 Å². The van der Waals surface area contributed by atoms with Crippen molar-refractivity contribution < 1.29 is 9.31 Å². The molecule has 0 unspecified atom stereocenters. The Hall–Kier alpha value is -1.38. The molecule has 0 bridgehead atoms. The average molecular weight is 193 g/mol. The second-order valence-corrected chi connectivity index (χ2v) is 4.36. The maximum absolute atomic E-state index is 11.6. The third-order valence-electron chi connectivity index (χ3n) is 2.01. The summed E-state index contributed by atoms with van der Waals surface area (Å²) in [6.07, 6.45) is 3.53. The lowest BCUT2D eigenvalue weighted by Gasteiger charge is -2.17. The summed E-state index contributed by atoms with van der Waals surface area (Å²) in [5.41, 5.74) is 0.514. The zero-order valence-electron chi connectivity index (χ0n) is 9.19. The minimum absolute atomic E-state index is 0.386. The van der Waals surface area contributed by atoms with Gasteiger partial charge in [0.25, 0.3) is 5.69 Å². The number of nitrogens with zero attached hydrogens (tertiary/aromatic N) is 2. The minimum Gasteiger partial charge on any atom is -0.623 e. The van der Waals surface area contributed by atoms with E-state index in [1.54, 1.807) is 6.21 Å². The standard InChI is InChI=1S/C11H17N2O/c1-11(2,3)13(14)9-10-7-5-6-8-12(10)4/h5-9H,1-4H3/q+1/b13-9-. The van der Waals surface area contributed by atoms with E-state index in [4.69, 9.17) is 0 Å². The Morgan fingerprint density at radius 3 is 2.50 bits per heavy atom. The molecule has 0 saturated carbocycles. The Morgan fingerprint density at radius 2 is 2.00 bits per heavy atom. The van der Waals surface area contributed by atoms with Gasteiger partial charge in [-0.05, 0) is 6.07 Å². The average Bonchev–Trinajstić information content (AvgIpc) is 2.07. The molecule has 14 heavy (non-hydrogen) atoms. The van der Waals surface area contributed by atoms with Gasteiger partial charge in [0, 0.05) is 32.9 Å². The molecule has 0 aliphatic heterocycles. The van der Waals surface area contributed by atoms with Crippen LogP contribution in [0.5, 0.6) is 0 Å². The van der Waals surface area contributed by atoms with Crippen molar-refractivity contribution in [2.45, 2.75) is 26.3 Å². The Morgan fingerprint density at radius 1 is 1.36 bits per heavy atom. The summed E-state index contributed by atoms with van der Waals surface area (Å²) in [6.45, 7) is 5.66. The molecular formula is C11H17N2O+. The van der Waals surface area contributed by atoms with Crippen molar-refractivity contribution in [3.8, 4) is 0 Å². The fourth-order valence-electron chi connectivity index (χ4n) is 0.984. The van der Waals surface area contributed by atoms with Crippen molar-refractivity contribution in [3.63, 3.8) is 0 Å². The highest BCUT2D eigenvalue weighted by molar-refractivity contribution is 5.70. The molecule has 76 valence electrons. The lowest BCUT2D eigenvalue weighted by Crippen LogP contribution is -2.37. The molecule has 1 heterocycles. The Kier molecular flexibility index (Phi) is 2.89. The van der Waals surface area contributed by atoms with Crippen LogP contribution in [0.4, 0.5) is 0 Å². The number of rotatable bonds is 1. The van der Waals surface area contributed by atoms with Crippen LogP contribution in [-0.4, -0.2) is 16.5 Å². The predicted octanol–water partition coefficient (Wildman–Crippen LogP) is 1.24. The zero-order chi connectivity index (χ0) is 10.8. The lowest BCUT2D eigenvalue weighted by atomic mass is 10.1. The summed E-state index contributed by atoms with van der Waals surface area (Å²) in [4.78, 5) is 0. The third-order valence-corrected chi connectivity index (χ3v) is 2.01. The maximum Gasteiger partial charge on any atom is 0.270 e. The van der Waals surface area contributed by atoms with Crippen LogP contribution in [-0.2, 0) is 7.05 Å². The topological polar surface area (TPSA) is 29.9 Å². The van der Waals surface area contributed by atoms with E-state index in [2.05, 4.69) is 0 Å². The molecule has 3 heteroatoms. The molecule has 0 saturated heterocycles. The number of aromatic nitrogens is 1. The van der Waals surface area contributed by atoms with Gasteiger partial charge >= 0.3 is 0 Å². The minimum atomic E-state index is -0.386. The van der Waals surface area contributed by atoms with E-state index in [0.29, 0.717) is 0 Å². The van der Waals surface area contributed by atoms with Gasteiger partial charge in [-0.3, -0.25) is 0 Å². The van der Waals surface area contributed by atoms with Gasteiger partial charge in [0.1, 0.15) is 7.05 Å². The second-order valence-electron chi connectivity index (χ2n) is 4.36. The molecule has 1 rings (SSSR count). The highest BCUT2D eigenvalue weighted by Gasteiger charge is 2.19. The second kappa shape index (κ2) is 3.78. The van der Waals surface area contributed by atoms with Crippen LogP contribution in [0.3, 0.4) is 0 Å². The summed E-state index contributed by atoms with van der Waals surface area (Å²) < 4.78 is 2.89. The normalized spacial score (nSPS) is 13.0. The van der Waals surface area contributed by atoms with Gasteiger partial charge in [-0.1, -0.05) is 0 Å². The van der Waals surface area contributed by atoms with E-state index in [9.17, 15) is 5.21 Å². The molecule has 0 N–H and O–H groups in total. The summed E-state index contributed by atoms with van der Waals surface area (Å²) >= 11 is 0. The van der Waals surface area contributed by atoms with E-state index >= 15 is 0 Å². The van der Waals surface area contributed by atoms with Crippen molar-refractivity contribution in [3.05, 3.63) is 35.3 Å². The number of hydrogen-bond acceptors (Lipinski definition) is 1. The first-order chi connectivity index (χ1) is 6.41. The molecule has 1 aromatic heterocycles. The van der Waals surface area contributed by atoms with Crippen molar-refractivity contribution in [1.82, 2.24) is 0 Å². The van der Waals surface area contributed by atoms with Gasteiger partial charge in [0.2, 0.25) is 6.21 Å². The molecule has 0 aliphatic rings. The van der Waals surface area contributed by atoms with E-state index in [1.807, 2.05) is 56.8 Å². The summed E-state index contributed by atoms with van der Waals surface area (Å²) in [6, 6.07) is 5.77. The van der Waals surface area contributed by atoms with Gasteiger partial charge in [0.05, 0.1) is 0 Å². The van der Waals surface area contributed by atoms with Crippen LogP contribution in [0.1, 0.15) is 26.5 Å². The molecule has 1 aromatic rings. The summed E-state index contributed by atoms with van der Waals surface area (Å²) in [7, 11) is 1.92. The van der Waals surface area contributed by atoms with E-state index < -0.39 is 0 Å². The van der Waals surface area contributed by atoms with E-state index in [-0.39, 0.29) is 5.54 Å². The van der Waals surface area contributed by atoms with Crippen molar-refractivity contribution >= 4 is 6.21 Å². The quantitative estimate of drug-likeness (QED) is 0.285. The lowest BCUT2D eigenvalue weighted by molar-refractivity contribution is -0.675. The molecule has 0 atom stereocenters. The highest BCUT2D eigenvalue weighted by atomic mass is 16.5. The molecule has 3 nitrogen and oxygen atoms in total. The largest absolute Gasteiger partial charge is 0.623 e. The van der Waals surface area contributed by atoms with Crippen LogP contribution in [0.2, 0.25) is 0 Å². The zero-order valence-corrected chi connectivity index (χ0v) is 9.19. The molecule has 0 radical (unpaired) electrons. The fraction of sp³-hybridized carbons (Fsp3) is 0.455. The van der Waals surface area contributed by atoms with Crippen LogP contribution in [0, 0.1) is 5.21 Å². The Balaban J connectivity index is 3.04. The predicted molar refractivity (Wildman–Crippen MR) is 56.2 cm³/mol. The molecule has 0 aromatic carbocycles. The third kappa shape index (κ3) is 2.55.